The van der Waals surface area contributed by atoms with Crippen molar-refractivity contribution in [1.29, 1.82) is 0 Å². The van der Waals surface area contributed by atoms with Crippen molar-refractivity contribution in [2.45, 2.75) is 51.6 Å². The summed E-state index contributed by atoms with van der Waals surface area (Å²) in [5, 5.41) is 0. The fourth-order valence-corrected chi connectivity index (χ4v) is 3.01. The van der Waals surface area contributed by atoms with E-state index >= 15 is 0 Å². The Bertz CT molecular complexity index is 357. The summed E-state index contributed by atoms with van der Waals surface area (Å²) in [6.45, 7) is 7.11. The van der Waals surface area contributed by atoms with Crippen LogP contribution in [0, 0.1) is 5.92 Å². The molecule has 2 rings (SSSR count). The summed E-state index contributed by atoms with van der Waals surface area (Å²) < 4.78 is 11.6. The molecule has 0 aromatic heterocycles. The normalized spacial score (nSPS) is 19.7. The Labute approximate surface area is 123 Å². The van der Waals surface area contributed by atoms with Crippen molar-refractivity contribution in [3.05, 3.63) is 35.9 Å². The maximum atomic E-state index is 6.20. The molecule has 2 nitrogen and oxygen atoms in total. The molecule has 1 heterocycles. The summed E-state index contributed by atoms with van der Waals surface area (Å²) in [5.41, 5.74) is 1.41. The number of hydrogen-bond acceptors (Lipinski definition) is 2. The zero-order valence-electron chi connectivity index (χ0n) is 12.9. The Hall–Kier alpha value is -0.860. The van der Waals surface area contributed by atoms with Crippen LogP contribution >= 0.6 is 0 Å². The Morgan fingerprint density at radius 3 is 2.55 bits per heavy atom. The van der Waals surface area contributed by atoms with Crippen molar-refractivity contribution < 1.29 is 9.47 Å². The molecule has 1 saturated heterocycles. The number of rotatable bonds is 7. The van der Waals surface area contributed by atoms with Crippen molar-refractivity contribution in [2.24, 2.45) is 5.92 Å². The molecule has 1 aromatic rings. The van der Waals surface area contributed by atoms with Crippen molar-refractivity contribution in [2.75, 3.05) is 19.8 Å². The Morgan fingerprint density at radius 1 is 1.20 bits per heavy atom. The Balaban J connectivity index is 1.85. The van der Waals surface area contributed by atoms with Crippen LogP contribution in [0.1, 0.15) is 51.0 Å². The highest BCUT2D eigenvalue weighted by Gasteiger charge is 2.22. The molecule has 0 radical (unpaired) electrons. The van der Waals surface area contributed by atoms with E-state index in [2.05, 4.69) is 44.2 Å². The van der Waals surface area contributed by atoms with Crippen LogP contribution in [0.4, 0.5) is 0 Å². The molecule has 2 unspecified atom stereocenters. The summed E-state index contributed by atoms with van der Waals surface area (Å²) in [5.74, 6) is 1.20. The van der Waals surface area contributed by atoms with Crippen LogP contribution in [0.25, 0.3) is 0 Å². The lowest BCUT2D eigenvalue weighted by molar-refractivity contribution is -0.0297. The van der Waals surface area contributed by atoms with Gasteiger partial charge in [0.15, 0.2) is 0 Å². The monoisotopic (exact) mass is 276 g/mol. The molecule has 2 atom stereocenters. The van der Waals surface area contributed by atoms with E-state index in [4.69, 9.17) is 9.47 Å². The van der Waals surface area contributed by atoms with E-state index in [1.165, 1.54) is 18.4 Å². The molecular weight excluding hydrogens is 248 g/mol. The lowest BCUT2D eigenvalue weighted by Crippen LogP contribution is -2.28. The smallest absolute Gasteiger partial charge is 0.0577 e. The summed E-state index contributed by atoms with van der Waals surface area (Å²) in [4.78, 5) is 0. The number of benzene rings is 1. The van der Waals surface area contributed by atoms with Gasteiger partial charge in [0, 0.05) is 19.1 Å². The average molecular weight is 276 g/mol. The van der Waals surface area contributed by atoms with Gasteiger partial charge in [-0.1, -0.05) is 43.7 Å². The second kappa shape index (κ2) is 8.43. The third-order valence-electron chi connectivity index (χ3n) is 4.40. The standard InChI is InChI=1S/C18H28O2/c1-3-7-18(17-8-5-4-6-9-17)14-20-15(2)16-10-12-19-13-11-16/h4-6,8-9,15-16,18H,3,7,10-14H2,1-2H3. The molecule has 0 saturated carbocycles. The molecule has 0 bridgehead atoms. The topological polar surface area (TPSA) is 18.5 Å². The lowest BCUT2D eigenvalue weighted by Gasteiger charge is -2.29. The zero-order chi connectivity index (χ0) is 14.2. The highest BCUT2D eigenvalue weighted by Crippen LogP contribution is 2.25. The number of ether oxygens (including phenoxy) is 2. The van der Waals surface area contributed by atoms with Crippen LogP contribution in [0.5, 0.6) is 0 Å². The molecule has 112 valence electrons. The van der Waals surface area contributed by atoms with Crippen LogP contribution in [-0.4, -0.2) is 25.9 Å². The van der Waals surface area contributed by atoms with E-state index in [-0.39, 0.29) is 0 Å². The predicted molar refractivity (Wildman–Crippen MR) is 83.0 cm³/mol. The first-order valence-corrected chi connectivity index (χ1v) is 8.05. The van der Waals surface area contributed by atoms with Gasteiger partial charge in [-0.3, -0.25) is 0 Å². The van der Waals surface area contributed by atoms with Crippen molar-refractivity contribution in [1.82, 2.24) is 0 Å². The summed E-state index contributed by atoms with van der Waals surface area (Å²) in [7, 11) is 0. The van der Waals surface area contributed by atoms with Gasteiger partial charge in [0.2, 0.25) is 0 Å². The van der Waals surface area contributed by atoms with Crippen molar-refractivity contribution in [3.63, 3.8) is 0 Å². The zero-order valence-corrected chi connectivity index (χ0v) is 12.9. The molecule has 0 spiro atoms. The second-order valence-corrected chi connectivity index (χ2v) is 5.88. The number of hydrogen-bond donors (Lipinski definition) is 0. The van der Waals surface area contributed by atoms with Gasteiger partial charge in [-0.05, 0) is 37.7 Å². The average Bonchev–Trinajstić information content (AvgIpc) is 2.53. The largest absolute Gasteiger partial charge is 0.381 e. The highest BCUT2D eigenvalue weighted by molar-refractivity contribution is 5.19. The van der Waals surface area contributed by atoms with Gasteiger partial charge in [0.05, 0.1) is 12.7 Å². The maximum absolute atomic E-state index is 6.20. The van der Waals surface area contributed by atoms with Crippen LogP contribution in [-0.2, 0) is 9.47 Å². The molecule has 1 fully saturated rings. The molecule has 1 aromatic carbocycles. The fraction of sp³-hybridized carbons (Fsp3) is 0.667. The summed E-state index contributed by atoms with van der Waals surface area (Å²) in [6, 6.07) is 10.8. The molecule has 20 heavy (non-hydrogen) atoms. The van der Waals surface area contributed by atoms with E-state index in [9.17, 15) is 0 Å². The third kappa shape index (κ3) is 4.60. The van der Waals surface area contributed by atoms with E-state index < -0.39 is 0 Å². The first-order chi connectivity index (χ1) is 9.81. The van der Waals surface area contributed by atoms with Gasteiger partial charge in [-0.2, -0.15) is 0 Å². The minimum Gasteiger partial charge on any atom is -0.381 e. The van der Waals surface area contributed by atoms with E-state index in [0.29, 0.717) is 17.9 Å². The van der Waals surface area contributed by atoms with Gasteiger partial charge in [-0.25, -0.2) is 0 Å². The minimum atomic E-state index is 0.349. The maximum Gasteiger partial charge on any atom is 0.0577 e. The van der Waals surface area contributed by atoms with Gasteiger partial charge >= 0.3 is 0 Å². The third-order valence-corrected chi connectivity index (χ3v) is 4.40. The molecule has 1 aliphatic rings. The molecule has 0 aliphatic carbocycles. The van der Waals surface area contributed by atoms with E-state index in [0.717, 1.165) is 32.7 Å². The summed E-state index contributed by atoms with van der Waals surface area (Å²) in [6.07, 6.45) is 5.04. The lowest BCUT2D eigenvalue weighted by atomic mass is 9.93. The van der Waals surface area contributed by atoms with Crippen LogP contribution in [0.3, 0.4) is 0 Å². The van der Waals surface area contributed by atoms with E-state index in [1.807, 2.05) is 0 Å². The molecular formula is C18H28O2. The fourth-order valence-electron chi connectivity index (χ4n) is 3.01. The van der Waals surface area contributed by atoms with Crippen LogP contribution in [0.15, 0.2) is 30.3 Å². The molecule has 1 aliphatic heterocycles. The van der Waals surface area contributed by atoms with Crippen LogP contribution in [0.2, 0.25) is 0 Å². The van der Waals surface area contributed by atoms with Crippen molar-refractivity contribution in [3.8, 4) is 0 Å². The van der Waals surface area contributed by atoms with Gasteiger partial charge in [0.1, 0.15) is 0 Å². The van der Waals surface area contributed by atoms with Gasteiger partial charge < -0.3 is 9.47 Å². The molecule has 0 N–H and O–H groups in total. The minimum absolute atomic E-state index is 0.349. The van der Waals surface area contributed by atoms with Gasteiger partial charge in [0.25, 0.3) is 0 Å². The summed E-state index contributed by atoms with van der Waals surface area (Å²) >= 11 is 0. The molecule has 0 amide bonds. The Kier molecular flexibility index (Phi) is 6.55. The molecule has 2 heteroatoms. The first-order valence-electron chi connectivity index (χ1n) is 8.05. The van der Waals surface area contributed by atoms with E-state index in [1.54, 1.807) is 0 Å². The van der Waals surface area contributed by atoms with Crippen LogP contribution < -0.4 is 0 Å². The first kappa shape index (κ1) is 15.5. The van der Waals surface area contributed by atoms with Crippen molar-refractivity contribution >= 4 is 0 Å². The van der Waals surface area contributed by atoms with Gasteiger partial charge in [-0.15, -0.1) is 0 Å². The predicted octanol–water partition coefficient (Wildman–Crippen LogP) is 4.40. The Morgan fingerprint density at radius 2 is 1.90 bits per heavy atom. The quantitative estimate of drug-likeness (QED) is 0.735. The highest BCUT2D eigenvalue weighted by atomic mass is 16.5. The second-order valence-electron chi connectivity index (χ2n) is 5.88. The SMILES string of the molecule is CCCC(COC(C)C1CCOCC1)c1ccccc1.